The Morgan fingerprint density at radius 3 is 3.06 bits per heavy atom. The molecule has 94 valence electrons. The van der Waals surface area contributed by atoms with Gasteiger partial charge in [-0.25, -0.2) is 4.98 Å². The summed E-state index contributed by atoms with van der Waals surface area (Å²) in [4.78, 5) is 18.4. The van der Waals surface area contributed by atoms with Crippen LogP contribution in [0.25, 0.3) is 0 Å². The molecule has 2 N–H and O–H groups in total. The van der Waals surface area contributed by atoms with E-state index in [0.717, 1.165) is 30.9 Å². The highest BCUT2D eigenvalue weighted by Gasteiger charge is 2.27. The van der Waals surface area contributed by atoms with Gasteiger partial charge in [-0.05, 0) is 32.6 Å². The van der Waals surface area contributed by atoms with Crippen molar-refractivity contribution in [2.24, 2.45) is 11.7 Å². The first kappa shape index (κ1) is 12.5. The summed E-state index contributed by atoms with van der Waals surface area (Å²) in [6.07, 6.45) is 2.17. The highest BCUT2D eigenvalue weighted by molar-refractivity contribution is 7.09. The van der Waals surface area contributed by atoms with Crippen molar-refractivity contribution in [2.45, 2.75) is 32.7 Å². The van der Waals surface area contributed by atoms with E-state index in [2.05, 4.69) is 4.98 Å². The van der Waals surface area contributed by atoms with E-state index in [4.69, 9.17) is 5.73 Å². The Morgan fingerprint density at radius 2 is 2.47 bits per heavy atom. The van der Waals surface area contributed by atoms with Crippen LogP contribution in [0.1, 0.15) is 35.3 Å². The highest BCUT2D eigenvalue weighted by Crippen LogP contribution is 2.21. The van der Waals surface area contributed by atoms with Gasteiger partial charge in [0.25, 0.3) is 5.91 Å². The molecule has 0 radical (unpaired) electrons. The van der Waals surface area contributed by atoms with E-state index in [9.17, 15) is 4.79 Å². The van der Waals surface area contributed by atoms with E-state index in [1.54, 1.807) is 0 Å². The van der Waals surface area contributed by atoms with Crippen molar-refractivity contribution in [1.29, 1.82) is 0 Å². The van der Waals surface area contributed by atoms with Crippen LogP contribution in [-0.2, 0) is 0 Å². The summed E-state index contributed by atoms with van der Waals surface area (Å²) in [5, 5.41) is 2.78. The molecule has 5 heteroatoms. The van der Waals surface area contributed by atoms with E-state index in [1.807, 2.05) is 24.1 Å². The first-order valence-corrected chi connectivity index (χ1v) is 6.93. The number of rotatable bonds is 2. The number of carbonyl (C=O) groups is 1. The molecule has 2 unspecified atom stereocenters. The molecule has 0 spiro atoms. The lowest BCUT2D eigenvalue weighted by Gasteiger charge is -2.34. The zero-order valence-corrected chi connectivity index (χ0v) is 11.2. The van der Waals surface area contributed by atoms with Gasteiger partial charge in [-0.1, -0.05) is 0 Å². The van der Waals surface area contributed by atoms with Gasteiger partial charge in [0.1, 0.15) is 5.69 Å². The van der Waals surface area contributed by atoms with Crippen LogP contribution in [0.4, 0.5) is 0 Å². The maximum absolute atomic E-state index is 12.2. The van der Waals surface area contributed by atoms with Crippen LogP contribution in [0.2, 0.25) is 0 Å². The van der Waals surface area contributed by atoms with Crippen molar-refractivity contribution in [3.63, 3.8) is 0 Å². The van der Waals surface area contributed by atoms with Gasteiger partial charge in [-0.15, -0.1) is 11.3 Å². The standard InChI is InChI=1S/C12H19N3OS/c1-8(13)10-4-3-5-15(6-10)12(16)11-7-17-9(2)14-11/h7-8,10H,3-6,13H2,1-2H3. The van der Waals surface area contributed by atoms with Crippen molar-refractivity contribution >= 4 is 17.2 Å². The minimum absolute atomic E-state index is 0.0553. The summed E-state index contributed by atoms with van der Waals surface area (Å²) in [6.45, 7) is 5.54. The number of thiazole rings is 1. The zero-order valence-electron chi connectivity index (χ0n) is 10.3. The predicted molar refractivity (Wildman–Crippen MR) is 69.1 cm³/mol. The second-order valence-corrected chi connectivity index (χ2v) is 5.83. The molecule has 0 bridgehead atoms. The van der Waals surface area contributed by atoms with Gasteiger partial charge < -0.3 is 10.6 Å². The first-order valence-electron chi connectivity index (χ1n) is 6.05. The zero-order chi connectivity index (χ0) is 12.4. The number of likely N-dealkylation sites (tertiary alicyclic amines) is 1. The average molecular weight is 253 g/mol. The van der Waals surface area contributed by atoms with Crippen LogP contribution in [0.3, 0.4) is 0 Å². The molecule has 0 aromatic carbocycles. The minimum Gasteiger partial charge on any atom is -0.337 e. The quantitative estimate of drug-likeness (QED) is 0.872. The lowest BCUT2D eigenvalue weighted by atomic mass is 9.92. The van der Waals surface area contributed by atoms with Gasteiger partial charge in [-0.3, -0.25) is 4.79 Å². The van der Waals surface area contributed by atoms with Crippen LogP contribution in [0.15, 0.2) is 5.38 Å². The maximum atomic E-state index is 12.2. The average Bonchev–Trinajstić information content (AvgIpc) is 2.75. The van der Waals surface area contributed by atoms with Crippen molar-refractivity contribution in [2.75, 3.05) is 13.1 Å². The monoisotopic (exact) mass is 253 g/mol. The lowest BCUT2D eigenvalue weighted by molar-refractivity contribution is 0.0655. The summed E-state index contributed by atoms with van der Waals surface area (Å²) in [7, 11) is 0. The number of hydrogen-bond acceptors (Lipinski definition) is 4. The molecule has 2 heterocycles. The molecule has 1 fully saturated rings. The van der Waals surface area contributed by atoms with Crippen LogP contribution in [0, 0.1) is 12.8 Å². The van der Waals surface area contributed by atoms with Gasteiger partial charge in [0.05, 0.1) is 5.01 Å². The predicted octanol–water partition coefficient (Wildman–Crippen LogP) is 1.65. The number of amides is 1. The second kappa shape index (κ2) is 5.14. The molecule has 1 amide bonds. The Bertz CT molecular complexity index is 402. The number of piperidine rings is 1. The Hall–Kier alpha value is -0.940. The van der Waals surface area contributed by atoms with Gasteiger partial charge in [0.2, 0.25) is 0 Å². The van der Waals surface area contributed by atoms with Gasteiger partial charge >= 0.3 is 0 Å². The summed E-state index contributed by atoms with van der Waals surface area (Å²) in [6, 6.07) is 0.155. The van der Waals surface area contributed by atoms with Crippen LogP contribution >= 0.6 is 11.3 Å². The largest absolute Gasteiger partial charge is 0.337 e. The molecule has 17 heavy (non-hydrogen) atoms. The van der Waals surface area contributed by atoms with Gasteiger partial charge in [0, 0.05) is 24.5 Å². The minimum atomic E-state index is 0.0553. The topological polar surface area (TPSA) is 59.2 Å². The Morgan fingerprint density at radius 1 is 1.71 bits per heavy atom. The highest BCUT2D eigenvalue weighted by atomic mass is 32.1. The van der Waals surface area contributed by atoms with Crippen molar-refractivity contribution in [1.82, 2.24) is 9.88 Å². The summed E-state index contributed by atoms with van der Waals surface area (Å²) in [5.41, 5.74) is 6.50. The Kier molecular flexibility index (Phi) is 3.79. The third-order valence-corrected chi connectivity index (χ3v) is 4.10. The van der Waals surface area contributed by atoms with Gasteiger partial charge in [0.15, 0.2) is 0 Å². The molecular formula is C12H19N3OS. The molecular weight excluding hydrogens is 234 g/mol. The fourth-order valence-corrected chi connectivity index (χ4v) is 2.83. The summed E-state index contributed by atoms with van der Waals surface area (Å²) < 4.78 is 0. The van der Waals surface area contributed by atoms with Gasteiger partial charge in [-0.2, -0.15) is 0 Å². The molecule has 1 aromatic heterocycles. The molecule has 0 aliphatic carbocycles. The van der Waals surface area contributed by atoms with Crippen LogP contribution < -0.4 is 5.73 Å². The SMILES string of the molecule is Cc1nc(C(=O)N2CCCC(C(C)N)C2)cs1. The second-order valence-electron chi connectivity index (χ2n) is 4.76. The first-order chi connectivity index (χ1) is 8.08. The number of carbonyl (C=O) groups excluding carboxylic acids is 1. The Labute approximate surface area is 106 Å². The fraction of sp³-hybridized carbons (Fsp3) is 0.667. The molecule has 4 nitrogen and oxygen atoms in total. The van der Waals surface area contributed by atoms with Crippen molar-refractivity contribution in [3.8, 4) is 0 Å². The number of aryl methyl sites for hydroxylation is 1. The van der Waals surface area contributed by atoms with Crippen molar-refractivity contribution in [3.05, 3.63) is 16.1 Å². The number of nitrogens with zero attached hydrogens (tertiary/aromatic N) is 2. The molecule has 1 aliphatic rings. The number of hydrogen-bond donors (Lipinski definition) is 1. The molecule has 2 rings (SSSR count). The normalized spacial score (nSPS) is 22.5. The Balaban J connectivity index is 2.04. The van der Waals surface area contributed by atoms with Crippen LogP contribution in [0.5, 0.6) is 0 Å². The maximum Gasteiger partial charge on any atom is 0.273 e. The number of aromatic nitrogens is 1. The molecule has 0 saturated carbocycles. The lowest BCUT2D eigenvalue weighted by Crippen LogP contribution is -2.45. The number of nitrogens with two attached hydrogens (primary N) is 1. The molecule has 1 saturated heterocycles. The van der Waals surface area contributed by atoms with E-state index in [1.165, 1.54) is 11.3 Å². The van der Waals surface area contributed by atoms with Crippen molar-refractivity contribution < 1.29 is 4.79 Å². The third kappa shape index (κ3) is 2.84. The molecule has 2 atom stereocenters. The fourth-order valence-electron chi connectivity index (χ4n) is 2.25. The third-order valence-electron chi connectivity index (χ3n) is 3.33. The molecule has 1 aliphatic heterocycles. The molecule has 1 aromatic rings. The van der Waals surface area contributed by atoms with E-state index in [0.29, 0.717) is 11.6 Å². The van der Waals surface area contributed by atoms with Crippen LogP contribution in [-0.4, -0.2) is 34.9 Å². The summed E-state index contributed by atoms with van der Waals surface area (Å²) in [5.74, 6) is 0.479. The summed E-state index contributed by atoms with van der Waals surface area (Å²) >= 11 is 1.52. The van der Waals surface area contributed by atoms with E-state index in [-0.39, 0.29) is 11.9 Å². The smallest absolute Gasteiger partial charge is 0.273 e. The van der Waals surface area contributed by atoms with E-state index < -0.39 is 0 Å². The van der Waals surface area contributed by atoms with E-state index >= 15 is 0 Å².